The van der Waals surface area contributed by atoms with Crippen LogP contribution < -0.4 is 4.90 Å². The van der Waals surface area contributed by atoms with E-state index in [0.29, 0.717) is 5.69 Å². The number of nitrogens with zero attached hydrogens (tertiary/aromatic N) is 2. The number of rotatable bonds is 5. The molecule has 0 aromatic heterocycles. The highest BCUT2D eigenvalue weighted by molar-refractivity contribution is 8.16. The lowest BCUT2D eigenvalue weighted by atomic mass is 10.1. The second-order valence-corrected chi connectivity index (χ2v) is 9.44. The summed E-state index contributed by atoms with van der Waals surface area (Å²) in [6.45, 7) is 2.01. The number of para-hydroxylation sites is 1. The largest absolute Gasteiger partial charge is 0.284 e. The van der Waals surface area contributed by atoms with Gasteiger partial charge >= 0.3 is 0 Å². The zero-order valence-electron chi connectivity index (χ0n) is 16.3. The maximum atomic E-state index is 13.3. The summed E-state index contributed by atoms with van der Waals surface area (Å²) in [5, 5.41) is -0.401. The third kappa shape index (κ3) is 4.04. The van der Waals surface area contributed by atoms with Gasteiger partial charge in [0.15, 0.2) is 5.17 Å². The summed E-state index contributed by atoms with van der Waals surface area (Å²) in [6.07, 6.45) is 0.819. The summed E-state index contributed by atoms with van der Waals surface area (Å²) in [6, 6.07) is 25.0. The number of hydrogen-bond donors (Lipinski definition) is 0. The minimum Gasteiger partial charge on any atom is -0.272 e. The number of aryl methyl sites for hydroxylation is 1. The van der Waals surface area contributed by atoms with Crippen molar-refractivity contribution in [2.45, 2.75) is 23.5 Å². The average Bonchev–Trinajstić information content (AvgIpc) is 3.10. The molecule has 0 bridgehead atoms. The quantitative estimate of drug-likeness (QED) is 0.575. The molecule has 1 aliphatic rings. The molecule has 0 aliphatic carbocycles. The normalized spacial score (nSPS) is 18.2. The zero-order valence-corrected chi connectivity index (χ0v) is 17.9. The molecule has 1 heterocycles. The van der Waals surface area contributed by atoms with Crippen molar-refractivity contribution in [2.75, 3.05) is 4.90 Å². The summed E-state index contributed by atoms with van der Waals surface area (Å²) in [5.74, 6) is -0.215. The van der Waals surface area contributed by atoms with Crippen molar-refractivity contribution in [2.24, 2.45) is 4.40 Å². The Balaban J connectivity index is 1.77. The second kappa shape index (κ2) is 8.45. The van der Waals surface area contributed by atoms with Crippen LogP contribution >= 0.6 is 11.8 Å². The summed E-state index contributed by atoms with van der Waals surface area (Å²) >= 11 is 1.15. The Morgan fingerprint density at radius 1 is 0.900 bits per heavy atom. The molecule has 3 aromatic carbocycles. The number of thioether (sulfide) groups is 1. The number of carbonyl (C=O) groups is 1. The third-order valence-electron chi connectivity index (χ3n) is 4.80. The van der Waals surface area contributed by atoms with E-state index < -0.39 is 15.3 Å². The van der Waals surface area contributed by atoms with Crippen LogP contribution in [-0.4, -0.2) is 19.5 Å². The lowest BCUT2D eigenvalue weighted by molar-refractivity contribution is -0.117. The SMILES string of the molecule is CCc1ccc(S(=O)(=O)N=C2S[C@@H](c3ccccc3)C(=O)N2c2ccccc2)cc1. The van der Waals surface area contributed by atoms with E-state index in [2.05, 4.69) is 4.40 Å². The van der Waals surface area contributed by atoms with Gasteiger partial charge in [-0.3, -0.25) is 9.69 Å². The molecule has 0 unspecified atom stereocenters. The van der Waals surface area contributed by atoms with Gasteiger partial charge in [-0.05, 0) is 41.8 Å². The van der Waals surface area contributed by atoms with Gasteiger partial charge in [0.2, 0.25) is 0 Å². The van der Waals surface area contributed by atoms with E-state index in [0.717, 1.165) is 29.3 Å². The van der Waals surface area contributed by atoms with Gasteiger partial charge in [-0.15, -0.1) is 4.40 Å². The van der Waals surface area contributed by atoms with Crippen molar-refractivity contribution in [3.8, 4) is 0 Å². The van der Waals surface area contributed by atoms with Crippen LogP contribution in [-0.2, 0) is 21.2 Å². The topological polar surface area (TPSA) is 66.8 Å². The summed E-state index contributed by atoms with van der Waals surface area (Å²) < 4.78 is 30.0. The first-order chi connectivity index (χ1) is 14.5. The van der Waals surface area contributed by atoms with Gasteiger partial charge in [0, 0.05) is 0 Å². The fourth-order valence-electron chi connectivity index (χ4n) is 3.19. The van der Waals surface area contributed by atoms with E-state index in [1.807, 2.05) is 43.3 Å². The number of anilines is 1. The number of amidine groups is 1. The van der Waals surface area contributed by atoms with Crippen molar-refractivity contribution in [3.05, 3.63) is 96.1 Å². The van der Waals surface area contributed by atoms with Gasteiger partial charge in [-0.2, -0.15) is 8.42 Å². The Morgan fingerprint density at radius 2 is 1.50 bits per heavy atom. The molecule has 1 fully saturated rings. The molecule has 152 valence electrons. The molecule has 0 spiro atoms. The summed E-state index contributed by atoms with van der Waals surface area (Å²) in [5.41, 5.74) is 2.44. The van der Waals surface area contributed by atoms with Crippen LogP contribution in [0.2, 0.25) is 0 Å². The Labute approximate surface area is 180 Å². The molecule has 4 rings (SSSR count). The van der Waals surface area contributed by atoms with Crippen LogP contribution in [0, 0.1) is 0 Å². The summed E-state index contributed by atoms with van der Waals surface area (Å²) in [7, 11) is -3.97. The Hall–Kier alpha value is -2.90. The molecule has 5 nitrogen and oxygen atoms in total. The highest BCUT2D eigenvalue weighted by atomic mass is 32.2. The molecule has 30 heavy (non-hydrogen) atoms. The van der Waals surface area contributed by atoms with Gasteiger partial charge in [-0.1, -0.05) is 79.3 Å². The van der Waals surface area contributed by atoms with Crippen molar-refractivity contribution >= 4 is 38.5 Å². The molecule has 1 atom stereocenters. The standard InChI is InChI=1S/C23H20N2O3S2/c1-2-17-13-15-20(16-14-17)30(27,28)24-23-25(19-11-7-4-8-12-19)22(26)21(29-23)18-9-5-3-6-10-18/h3-16,21H,2H2,1H3/t21-/m0/s1. The van der Waals surface area contributed by atoms with E-state index in [1.165, 1.54) is 4.90 Å². The number of amides is 1. The maximum Gasteiger partial charge on any atom is 0.284 e. The predicted molar refractivity (Wildman–Crippen MR) is 121 cm³/mol. The van der Waals surface area contributed by atoms with Crippen LogP contribution in [0.5, 0.6) is 0 Å². The predicted octanol–water partition coefficient (Wildman–Crippen LogP) is 4.82. The smallest absolute Gasteiger partial charge is 0.272 e. The molecule has 1 aliphatic heterocycles. The van der Waals surface area contributed by atoms with Crippen molar-refractivity contribution < 1.29 is 13.2 Å². The van der Waals surface area contributed by atoms with Crippen LogP contribution in [0.3, 0.4) is 0 Å². The molecule has 0 radical (unpaired) electrons. The van der Waals surface area contributed by atoms with Gasteiger partial charge in [-0.25, -0.2) is 0 Å². The van der Waals surface area contributed by atoms with Crippen molar-refractivity contribution in [1.29, 1.82) is 0 Å². The highest BCUT2D eigenvalue weighted by Crippen LogP contribution is 2.42. The van der Waals surface area contributed by atoms with Crippen LogP contribution in [0.15, 0.2) is 94.2 Å². The zero-order chi connectivity index (χ0) is 21.1. The Bertz CT molecular complexity index is 1180. The van der Waals surface area contributed by atoms with Gasteiger partial charge in [0.1, 0.15) is 5.25 Å². The molecule has 0 N–H and O–H groups in total. The number of benzene rings is 3. The monoisotopic (exact) mass is 436 g/mol. The van der Waals surface area contributed by atoms with Crippen molar-refractivity contribution in [1.82, 2.24) is 0 Å². The Morgan fingerprint density at radius 3 is 2.10 bits per heavy atom. The van der Waals surface area contributed by atoms with Crippen molar-refractivity contribution in [3.63, 3.8) is 0 Å². The average molecular weight is 437 g/mol. The molecule has 3 aromatic rings. The fourth-order valence-corrected chi connectivity index (χ4v) is 5.54. The molecular weight excluding hydrogens is 416 g/mol. The number of sulfonamides is 1. The lowest BCUT2D eigenvalue weighted by Gasteiger charge is -2.16. The minimum absolute atomic E-state index is 0.108. The first-order valence-electron chi connectivity index (χ1n) is 9.54. The lowest BCUT2D eigenvalue weighted by Crippen LogP contribution is -2.30. The third-order valence-corrected chi connectivity index (χ3v) is 7.39. The molecule has 0 saturated carbocycles. The fraction of sp³-hybridized carbons (Fsp3) is 0.130. The van der Waals surface area contributed by atoms with E-state index in [9.17, 15) is 13.2 Å². The van der Waals surface area contributed by atoms with E-state index >= 15 is 0 Å². The highest BCUT2D eigenvalue weighted by Gasteiger charge is 2.41. The second-order valence-electron chi connectivity index (χ2n) is 6.76. The number of hydrogen-bond acceptors (Lipinski definition) is 4. The minimum atomic E-state index is -3.97. The molecule has 1 saturated heterocycles. The van der Waals surface area contributed by atoms with E-state index in [4.69, 9.17) is 0 Å². The summed E-state index contributed by atoms with van der Waals surface area (Å²) in [4.78, 5) is 14.7. The molecule has 7 heteroatoms. The molecular formula is C23H20N2O3S2. The first-order valence-corrected chi connectivity index (χ1v) is 11.9. The molecule has 1 amide bonds. The van der Waals surface area contributed by atoms with Crippen LogP contribution in [0.1, 0.15) is 23.3 Å². The number of carbonyl (C=O) groups excluding carboxylic acids is 1. The van der Waals surface area contributed by atoms with Gasteiger partial charge in [0.25, 0.3) is 15.9 Å². The maximum absolute atomic E-state index is 13.3. The van der Waals surface area contributed by atoms with E-state index in [-0.39, 0.29) is 16.0 Å². The van der Waals surface area contributed by atoms with Gasteiger partial charge in [0.05, 0.1) is 10.6 Å². The van der Waals surface area contributed by atoms with Gasteiger partial charge < -0.3 is 0 Å². The van der Waals surface area contributed by atoms with Crippen LogP contribution in [0.25, 0.3) is 0 Å². The first kappa shape index (κ1) is 20.4. The van der Waals surface area contributed by atoms with Crippen LogP contribution in [0.4, 0.5) is 5.69 Å². The van der Waals surface area contributed by atoms with E-state index in [1.54, 1.807) is 48.5 Å². The Kier molecular flexibility index (Phi) is 5.74.